The summed E-state index contributed by atoms with van der Waals surface area (Å²) in [6.45, 7) is 11.9. The average Bonchev–Trinajstić information content (AvgIpc) is 3.21. The van der Waals surface area contributed by atoms with Crippen LogP contribution in [0.4, 0.5) is 5.69 Å². The Morgan fingerprint density at radius 3 is 2.55 bits per heavy atom. The molecule has 0 spiro atoms. The molecule has 1 saturated heterocycles. The topological polar surface area (TPSA) is 42.9 Å². The molecule has 1 aliphatic carbocycles. The monoisotopic (exact) mass is 511 g/mol. The van der Waals surface area contributed by atoms with Crippen LogP contribution in [0.2, 0.25) is 0 Å². The maximum atomic E-state index is 4.76. The van der Waals surface area contributed by atoms with E-state index in [4.69, 9.17) is 4.99 Å². The van der Waals surface area contributed by atoms with Crippen molar-refractivity contribution in [2.24, 2.45) is 4.99 Å². The molecule has 1 aliphatic heterocycles. The second-order valence-corrected chi connectivity index (χ2v) is 7.92. The van der Waals surface area contributed by atoms with Crippen LogP contribution in [-0.4, -0.2) is 62.7 Å². The highest BCUT2D eigenvalue weighted by atomic mass is 127. The molecule has 1 heterocycles. The zero-order valence-corrected chi connectivity index (χ0v) is 20.4. The zero-order chi connectivity index (χ0) is 19.6. The van der Waals surface area contributed by atoms with Crippen molar-refractivity contribution in [3.63, 3.8) is 0 Å². The summed E-state index contributed by atoms with van der Waals surface area (Å²) in [5.74, 6) is 0.975. The van der Waals surface area contributed by atoms with E-state index in [9.17, 15) is 0 Å². The Balaban J connectivity index is 0.00000300. The van der Waals surface area contributed by atoms with Crippen molar-refractivity contribution in [1.82, 2.24) is 15.5 Å². The third-order valence-electron chi connectivity index (χ3n) is 5.58. The first-order valence-electron chi connectivity index (χ1n) is 11.0. The summed E-state index contributed by atoms with van der Waals surface area (Å²) in [5.41, 5.74) is 2.71. The molecule has 29 heavy (non-hydrogen) atoms. The third-order valence-corrected chi connectivity index (χ3v) is 5.58. The standard InChI is InChI=1S/C23H37N5.HI/c1-3-24-23(26-21-10-4-5-11-21)25-13-6-7-14-27-15-17-28(18-16-27)22-12-8-9-20(2)19-22;/h4-5,8-9,12,19,21H,3,6-7,10-11,13-18H2,1-2H3,(H2,24,25,26);1H. The lowest BCUT2D eigenvalue weighted by Crippen LogP contribution is -2.46. The van der Waals surface area contributed by atoms with Crippen LogP contribution in [0.1, 0.15) is 38.2 Å². The van der Waals surface area contributed by atoms with Crippen LogP contribution in [0.25, 0.3) is 0 Å². The van der Waals surface area contributed by atoms with Gasteiger partial charge in [-0.2, -0.15) is 0 Å². The Morgan fingerprint density at radius 2 is 1.86 bits per heavy atom. The maximum Gasteiger partial charge on any atom is 0.191 e. The number of hydrogen-bond acceptors (Lipinski definition) is 3. The van der Waals surface area contributed by atoms with E-state index < -0.39 is 0 Å². The van der Waals surface area contributed by atoms with Gasteiger partial charge in [0, 0.05) is 51.0 Å². The van der Waals surface area contributed by atoms with Crippen molar-refractivity contribution in [2.75, 3.05) is 50.7 Å². The number of halogens is 1. The number of nitrogens with one attached hydrogen (secondary N) is 2. The summed E-state index contributed by atoms with van der Waals surface area (Å²) in [6, 6.07) is 9.38. The Morgan fingerprint density at radius 1 is 1.10 bits per heavy atom. The Labute approximate surface area is 194 Å². The lowest BCUT2D eigenvalue weighted by atomic mass is 10.2. The number of aryl methyl sites for hydroxylation is 1. The van der Waals surface area contributed by atoms with Crippen molar-refractivity contribution in [3.05, 3.63) is 42.0 Å². The average molecular weight is 511 g/mol. The molecule has 0 atom stereocenters. The minimum absolute atomic E-state index is 0. The quantitative estimate of drug-likeness (QED) is 0.183. The number of hydrogen-bond donors (Lipinski definition) is 2. The van der Waals surface area contributed by atoms with Gasteiger partial charge in [-0.15, -0.1) is 24.0 Å². The molecule has 1 aromatic carbocycles. The molecule has 0 radical (unpaired) electrons. The highest BCUT2D eigenvalue weighted by molar-refractivity contribution is 14.0. The number of unbranched alkanes of at least 4 members (excludes halogenated alkanes) is 1. The van der Waals surface area contributed by atoms with Crippen LogP contribution in [0.15, 0.2) is 41.4 Å². The first-order valence-corrected chi connectivity index (χ1v) is 11.0. The molecule has 0 saturated carbocycles. The van der Waals surface area contributed by atoms with Gasteiger partial charge < -0.3 is 15.5 Å². The van der Waals surface area contributed by atoms with Crippen LogP contribution in [0.5, 0.6) is 0 Å². The lowest BCUT2D eigenvalue weighted by Gasteiger charge is -2.36. The predicted octanol–water partition coefficient (Wildman–Crippen LogP) is 3.79. The molecule has 1 fully saturated rings. The van der Waals surface area contributed by atoms with Crippen LogP contribution in [0, 0.1) is 6.92 Å². The van der Waals surface area contributed by atoms with Crippen molar-refractivity contribution in [1.29, 1.82) is 0 Å². The summed E-state index contributed by atoms with van der Waals surface area (Å²) in [5, 5.41) is 6.91. The third kappa shape index (κ3) is 8.16. The Bertz CT molecular complexity index is 644. The molecule has 2 N–H and O–H groups in total. The molecule has 6 heteroatoms. The molecule has 3 rings (SSSR count). The van der Waals surface area contributed by atoms with E-state index in [0.717, 1.165) is 64.5 Å². The number of guanidine groups is 1. The highest BCUT2D eigenvalue weighted by Gasteiger charge is 2.16. The predicted molar refractivity (Wildman–Crippen MR) is 136 cm³/mol. The van der Waals surface area contributed by atoms with Crippen LogP contribution in [0.3, 0.4) is 0 Å². The van der Waals surface area contributed by atoms with Gasteiger partial charge in [-0.05, 0) is 63.8 Å². The van der Waals surface area contributed by atoms with Gasteiger partial charge >= 0.3 is 0 Å². The summed E-state index contributed by atoms with van der Waals surface area (Å²) in [7, 11) is 0. The van der Waals surface area contributed by atoms with Gasteiger partial charge in [0.25, 0.3) is 0 Å². The SMILES string of the molecule is CCNC(=NCCCCN1CCN(c2cccc(C)c2)CC1)NC1CC=CC1.I. The van der Waals surface area contributed by atoms with Crippen molar-refractivity contribution >= 4 is 35.6 Å². The first kappa shape index (κ1) is 24.0. The summed E-state index contributed by atoms with van der Waals surface area (Å²) in [4.78, 5) is 9.87. The molecule has 0 aromatic heterocycles. The fraction of sp³-hybridized carbons (Fsp3) is 0.609. The molecule has 2 aliphatic rings. The van der Waals surface area contributed by atoms with Gasteiger partial charge in [-0.1, -0.05) is 24.3 Å². The Hall–Kier alpha value is -1.28. The highest BCUT2D eigenvalue weighted by Crippen LogP contribution is 2.18. The van der Waals surface area contributed by atoms with Crippen LogP contribution >= 0.6 is 24.0 Å². The number of anilines is 1. The maximum absolute atomic E-state index is 4.76. The second-order valence-electron chi connectivity index (χ2n) is 7.92. The van der Waals surface area contributed by atoms with Gasteiger partial charge in [0.1, 0.15) is 0 Å². The van der Waals surface area contributed by atoms with Crippen LogP contribution in [-0.2, 0) is 0 Å². The normalized spacial score (nSPS) is 18.0. The van der Waals surface area contributed by atoms with E-state index >= 15 is 0 Å². The molecule has 0 amide bonds. The summed E-state index contributed by atoms with van der Waals surface area (Å²) in [6.07, 6.45) is 9.09. The molecular formula is C23H38IN5. The molecule has 5 nitrogen and oxygen atoms in total. The van der Waals surface area contributed by atoms with E-state index in [1.165, 1.54) is 24.2 Å². The lowest BCUT2D eigenvalue weighted by molar-refractivity contribution is 0.253. The largest absolute Gasteiger partial charge is 0.369 e. The van der Waals surface area contributed by atoms with Crippen molar-refractivity contribution in [3.8, 4) is 0 Å². The minimum atomic E-state index is 0. The number of piperazine rings is 1. The van der Waals surface area contributed by atoms with E-state index in [1.54, 1.807) is 0 Å². The molecule has 0 bridgehead atoms. The minimum Gasteiger partial charge on any atom is -0.369 e. The fourth-order valence-corrected chi connectivity index (χ4v) is 3.94. The van der Waals surface area contributed by atoms with Crippen LogP contribution < -0.4 is 15.5 Å². The van der Waals surface area contributed by atoms with Gasteiger partial charge in [0.05, 0.1) is 0 Å². The van der Waals surface area contributed by atoms with Gasteiger partial charge in [-0.3, -0.25) is 9.89 Å². The number of nitrogens with zero attached hydrogens (tertiary/aromatic N) is 3. The fourth-order valence-electron chi connectivity index (χ4n) is 3.94. The number of aliphatic imine (C=N–C) groups is 1. The van der Waals surface area contributed by atoms with Gasteiger partial charge in [0.2, 0.25) is 0 Å². The van der Waals surface area contributed by atoms with E-state index in [2.05, 4.69) is 70.7 Å². The first-order chi connectivity index (χ1) is 13.7. The number of rotatable bonds is 8. The molecule has 1 aromatic rings. The molecule has 0 unspecified atom stereocenters. The van der Waals surface area contributed by atoms with Gasteiger partial charge in [-0.25, -0.2) is 0 Å². The molecular weight excluding hydrogens is 473 g/mol. The number of benzene rings is 1. The van der Waals surface area contributed by atoms with E-state index in [-0.39, 0.29) is 24.0 Å². The molecule has 162 valence electrons. The van der Waals surface area contributed by atoms with E-state index in [0.29, 0.717) is 6.04 Å². The summed E-state index contributed by atoms with van der Waals surface area (Å²) >= 11 is 0. The van der Waals surface area contributed by atoms with Gasteiger partial charge in [0.15, 0.2) is 5.96 Å². The Kier molecular flexibility index (Phi) is 10.8. The van der Waals surface area contributed by atoms with Crippen molar-refractivity contribution < 1.29 is 0 Å². The smallest absolute Gasteiger partial charge is 0.191 e. The summed E-state index contributed by atoms with van der Waals surface area (Å²) < 4.78 is 0. The second kappa shape index (κ2) is 13.1. The zero-order valence-electron chi connectivity index (χ0n) is 18.1. The van der Waals surface area contributed by atoms with E-state index in [1.807, 2.05) is 0 Å². The van der Waals surface area contributed by atoms with Crippen molar-refractivity contribution in [2.45, 2.75) is 45.6 Å².